The van der Waals surface area contributed by atoms with Crippen LogP contribution >= 0.6 is 0 Å². The van der Waals surface area contributed by atoms with Crippen LogP contribution in [0.1, 0.15) is 91.9 Å². The van der Waals surface area contributed by atoms with Crippen LogP contribution in [-0.4, -0.2) is 30.6 Å². The molecule has 5 unspecified atom stereocenters. The van der Waals surface area contributed by atoms with Gasteiger partial charge in [-0.05, 0) is 31.1 Å². The monoisotopic (exact) mass is 362 g/mol. The molecule has 0 aromatic rings. The van der Waals surface area contributed by atoms with E-state index in [4.69, 9.17) is 12.6 Å². The molecule has 1 saturated carbocycles. The van der Waals surface area contributed by atoms with Crippen molar-refractivity contribution in [1.29, 1.82) is 0 Å². The van der Waals surface area contributed by atoms with Gasteiger partial charge in [-0.2, -0.15) is 0 Å². The van der Waals surface area contributed by atoms with Crippen molar-refractivity contribution in [3.05, 3.63) is 0 Å². The van der Waals surface area contributed by atoms with Gasteiger partial charge in [-0.25, -0.2) is 0 Å². The average molecular weight is 362 g/mol. The van der Waals surface area contributed by atoms with Crippen LogP contribution in [0, 0.1) is 23.2 Å². The van der Waals surface area contributed by atoms with E-state index >= 15 is 0 Å². The number of Topliss-reactive ketones (excluding diaryl/α,β-unsaturated/α-hetero) is 1. The molecule has 1 N–H and O–H groups in total. The van der Waals surface area contributed by atoms with E-state index in [1.807, 2.05) is 0 Å². The lowest BCUT2D eigenvalue weighted by Gasteiger charge is -2.49. The highest BCUT2D eigenvalue weighted by Gasteiger charge is 2.55. The molecule has 1 aliphatic carbocycles. The van der Waals surface area contributed by atoms with E-state index < -0.39 is 5.79 Å². The molecule has 0 amide bonds. The second-order valence-corrected chi connectivity index (χ2v) is 9.51. The second-order valence-electron chi connectivity index (χ2n) is 9.51. The molecule has 4 heteroatoms. The minimum Gasteiger partial charge on any atom is -0.365 e. The summed E-state index contributed by atoms with van der Waals surface area (Å²) in [4.78, 5) is 12.6. The summed E-state index contributed by atoms with van der Waals surface area (Å²) in [6.07, 6.45) is 10.2. The molecule has 2 aliphatic rings. The predicted molar refractivity (Wildman–Crippen MR) is 107 cm³/mol. The molecule has 148 valence electrons. The van der Waals surface area contributed by atoms with E-state index in [1.54, 1.807) is 0 Å². The number of aliphatic hydroxyl groups is 1. The SMILES string of the molecule is [B]CCCCCCC1C(=O)CC2OC(O)(C(C)(C)CC(C)CC)CCC21. The topological polar surface area (TPSA) is 46.5 Å². The standard InChI is InChI=1S/C22H39BO3/c1-5-16(2)15-21(3,4)22(25)12-11-18-17(10-8-6-7-9-13-23)19(24)14-20(18)26-22/h16-18,20,25H,5-15H2,1-4H3. The molecular formula is C22H39BO3. The number of ether oxygens (including phenoxy) is 1. The lowest BCUT2D eigenvalue weighted by Crippen LogP contribution is -2.54. The van der Waals surface area contributed by atoms with Gasteiger partial charge in [-0.3, -0.25) is 4.79 Å². The number of fused-ring (bicyclic) bond motifs is 1. The van der Waals surface area contributed by atoms with Gasteiger partial charge < -0.3 is 9.84 Å². The predicted octanol–water partition coefficient (Wildman–Crippen LogP) is 5.06. The molecule has 0 aromatic heterocycles. The zero-order chi connectivity index (χ0) is 19.4. The number of hydrogen-bond acceptors (Lipinski definition) is 3. The molecular weight excluding hydrogens is 323 g/mol. The number of ketones is 1. The van der Waals surface area contributed by atoms with Crippen LogP contribution in [-0.2, 0) is 9.53 Å². The molecule has 3 nitrogen and oxygen atoms in total. The summed E-state index contributed by atoms with van der Waals surface area (Å²) in [6.45, 7) is 8.66. The molecule has 1 saturated heterocycles. The van der Waals surface area contributed by atoms with E-state index in [0.717, 1.165) is 57.7 Å². The zero-order valence-electron chi connectivity index (χ0n) is 17.4. The summed E-state index contributed by atoms with van der Waals surface area (Å²) in [5, 5.41) is 11.3. The maximum Gasteiger partial charge on any atom is 0.170 e. The van der Waals surface area contributed by atoms with E-state index in [0.29, 0.717) is 30.5 Å². The first-order chi connectivity index (χ1) is 12.2. The summed E-state index contributed by atoms with van der Waals surface area (Å²) in [5.41, 5.74) is -0.295. The molecule has 26 heavy (non-hydrogen) atoms. The first-order valence-electron chi connectivity index (χ1n) is 10.9. The Balaban J connectivity index is 1.94. The van der Waals surface area contributed by atoms with Crippen molar-refractivity contribution in [3.8, 4) is 0 Å². The summed E-state index contributed by atoms with van der Waals surface area (Å²) in [6, 6.07) is 0. The number of carbonyl (C=O) groups excluding carboxylic acids is 1. The maximum atomic E-state index is 12.6. The van der Waals surface area contributed by atoms with E-state index in [1.165, 1.54) is 0 Å². The van der Waals surface area contributed by atoms with Gasteiger partial charge in [0.25, 0.3) is 0 Å². The van der Waals surface area contributed by atoms with Gasteiger partial charge in [0.2, 0.25) is 0 Å². The molecule has 1 aliphatic heterocycles. The van der Waals surface area contributed by atoms with Gasteiger partial charge in [0.1, 0.15) is 5.78 Å². The van der Waals surface area contributed by atoms with E-state index in [-0.39, 0.29) is 17.4 Å². The molecule has 0 bridgehead atoms. The largest absolute Gasteiger partial charge is 0.365 e. The van der Waals surface area contributed by atoms with Crippen LogP contribution in [0.4, 0.5) is 0 Å². The normalized spacial score (nSPS) is 33.3. The second kappa shape index (κ2) is 9.23. The Morgan fingerprint density at radius 3 is 2.65 bits per heavy atom. The Kier molecular flexibility index (Phi) is 7.79. The first-order valence-corrected chi connectivity index (χ1v) is 10.9. The fourth-order valence-electron chi connectivity index (χ4n) is 5.10. The highest BCUT2D eigenvalue weighted by atomic mass is 16.6. The fraction of sp³-hybridized carbons (Fsp3) is 0.955. The summed E-state index contributed by atoms with van der Waals surface area (Å²) in [7, 11) is 5.55. The van der Waals surface area contributed by atoms with Crippen molar-refractivity contribution in [2.45, 2.75) is 110 Å². The molecule has 2 fully saturated rings. The van der Waals surface area contributed by atoms with Crippen molar-refractivity contribution < 1.29 is 14.6 Å². The lowest BCUT2D eigenvalue weighted by atomic mass is 9.71. The summed E-state index contributed by atoms with van der Waals surface area (Å²) in [5.74, 6) is 0.245. The highest BCUT2D eigenvalue weighted by Crippen LogP contribution is 2.51. The van der Waals surface area contributed by atoms with Crippen molar-refractivity contribution in [1.82, 2.24) is 0 Å². The maximum absolute atomic E-state index is 12.6. The number of carbonyl (C=O) groups is 1. The Hall–Kier alpha value is -0.345. The third-order valence-corrected chi connectivity index (χ3v) is 7.06. The first kappa shape index (κ1) is 21.9. The molecule has 0 aromatic carbocycles. The van der Waals surface area contributed by atoms with Crippen molar-refractivity contribution in [2.24, 2.45) is 23.2 Å². The third-order valence-electron chi connectivity index (χ3n) is 7.06. The van der Waals surface area contributed by atoms with Crippen molar-refractivity contribution >= 4 is 13.6 Å². The van der Waals surface area contributed by atoms with Crippen LogP contribution < -0.4 is 0 Å². The van der Waals surface area contributed by atoms with E-state index in [9.17, 15) is 9.90 Å². The Morgan fingerprint density at radius 2 is 2.00 bits per heavy atom. The van der Waals surface area contributed by atoms with Crippen LogP contribution in [0.3, 0.4) is 0 Å². The van der Waals surface area contributed by atoms with Gasteiger partial charge in [-0.15, -0.1) is 0 Å². The quantitative estimate of drug-likeness (QED) is 0.436. The molecule has 2 radical (unpaired) electrons. The van der Waals surface area contributed by atoms with Crippen LogP contribution in [0.15, 0.2) is 0 Å². The smallest absolute Gasteiger partial charge is 0.170 e. The van der Waals surface area contributed by atoms with Gasteiger partial charge in [-0.1, -0.05) is 66.1 Å². The summed E-state index contributed by atoms with van der Waals surface area (Å²) >= 11 is 0. The lowest BCUT2D eigenvalue weighted by molar-refractivity contribution is -0.317. The van der Waals surface area contributed by atoms with Crippen LogP contribution in [0.25, 0.3) is 0 Å². The Labute approximate surface area is 162 Å². The van der Waals surface area contributed by atoms with Crippen molar-refractivity contribution in [3.63, 3.8) is 0 Å². The Bertz CT molecular complexity index is 464. The van der Waals surface area contributed by atoms with Gasteiger partial charge in [0, 0.05) is 24.2 Å². The third kappa shape index (κ3) is 4.92. The van der Waals surface area contributed by atoms with Gasteiger partial charge in [0.05, 0.1) is 14.0 Å². The van der Waals surface area contributed by atoms with Crippen LogP contribution in [0.5, 0.6) is 0 Å². The zero-order valence-corrected chi connectivity index (χ0v) is 17.4. The molecule has 2 rings (SSSR count). The van der Waals surface area contributed by atoms with Crippen LogP contribution in [0.2, 0.25) is 6.32 Å². The number of hydrogen-bond donors (Lipinski definition) is 1. The minimum absolute atomic E-state index is 0.0912. The molecule has 0 spiro atoms. The van der Waals surface area contributed by atoms with Crippen molar-refractivity contribution in [2.75, 3.05) is 0 Å². The fourth-order valence-corrected chi connectivity index (χ4v) is 5.10. The van der Waals surface area contributed by atoms with E-state index in [2.05, 4.69) is 27.7 Å². The van der Waals surface area contributed by atoms with Gasteiger partial charge >= 0.3 is 0 Å². The minimum atomic E-state index is -1.10. The average Bonchev–Trinajstić information content (AvgIpc) is 2.88. The highest BCUT2D eigenvalue weighted by molar-refractivity contribution is 6.08. The Morgan fingerprint density at radius 1 is 1.31 bits per heavy atom. The van der Waals surface area contributed by atoms with Gasteiger partial charge in [0.15, 0.2) is 5.79 Å². The number of rotatable bonds is 10. The summed E-state index contributed by atoms with van der Waals surface area (Å²) < 4.78 is 6.27. The molecule has 1 heterocycles. The molecule has 5 atom stereocenters. The number of unbranched alkanes of at least 4 members (excludes halogenated alkanes) is 3.